The van der Waals surface area contributed by atoms with E-state index in [1.165, 1.54) is 128 Å². The highest BCUT2D eigenvalue weighted by Crippen LogP contribution is 2.57. The van der Waals surface area contributed by atoms with Gasteiger partial charge in [-0.3, -0.25) is 0 Å². The van der Waals surface area contributed by atoms with Gasteiger partial charge in [-0.15, -0.1) is 0 Å². The average molecular weight is 643 g/mol. The Labute approximate surface area is 278 Å². The highest BCUT2D eigenvalue weighted by Gasteiger charge is 2.38. The third kappa shape index (κ3) is 6.28. The summed E-state index contributed by atoms with van der Waals surface area (Å²) in [5.41, 5.74) is 13.5. The Morgan fingerprint density at radius 2 is 0.756 bits per heavy atom. The molecule has 244 valence electrons. The normalized spacial score (nSPS) is 23.9. The van der Waals surface area contributed by atoms with E-state index in [0.717, 1.165) is 42.4 Å². The Hall–Kier alpha value is -1.10. The van der Waals surface area contributed by atoms with Crippen LogP contribution < -0.4 is 20.4 Å². The van der Waals surface area contributed by atoms with E-state index < -0.39 is 0 Å². The van der Waals surface area contributed by atoms with Crippen LogP contribution in [-0.4, -0.2) is 29.3 Å². The average Bonchev–Trinajstić information content (AvgIpc) is 3.06. The van der Waals surface area contributed by atoms with Gasteiger partial charge in [0.25, 0.3) is 0 Å². The molecule has 45 heavy (non-hydrogen) atoms. The lowest BCUT2D eigenvalue weighted by molar-refractivity contribution is 0.487. The third-order valence-corrected chi connectivity index (χ3v) is 19.8. The van der Waals surface area contributed by atoms with Gasteiger partial charge in [-0.2, -0.15) is 0 Å². The van der Waals surface area contributed by atoms with Crippen LogP contribution in [0, 0.1) is 13.8 Å². The molecule has 2 heterocycles. The SMILES string of the molecule is Cc1cc(P(C2CCCCC2)C2CCCCC2)cc2c1N1Cc3cc(P(C4CCCCC4)C4CCCCC4)cc(C)c3N(C2)C1. The number of hydrogen-bond acceptors (Lipinski definition) is 2. The number of anilines is 2. The van der Waals surface area contributed by atoms with Crippen LogP contribution >= 0.6 is 15.8 Å². The molecule has 2 aromatic rings. The van der Waals surface area contributed by atoms with Crippen molar-refractivity contribution in [3.8, 4) is 0 Å². The Morgan fingerprint density at radius 1 is 0.444 bits per heavy atom. The Morgan fingerprint density at radius 3 is 1.07 bits per heavy atom. The van der Waals surface area contributed by atoms with Crippen molar-refractivity contribution in [2.24, 2.45) is 0 Å². The molecule has 4 heteroatoms. The van der Waals surface area contributed by atoms with Crippen molar-refractivity contribution in [3.05, 3.63) is 46.5 Å². The van der Waals surface area contributed by atoms with Gasteiger partial charge in [0, 0.05) is 24.5 Å². The van der Waals surface area contributed by atoms with Crippen molar-refractivity contribution in [3.63, 3.8) is 0 Å². The molecule has 2 aromatic carbocycles. The maximum absolute atomic E-state index is 2.77. The molecule has 8 rings (SSSR count). The largest absolute Gasteiger partial charge is 0.349 e. The molecule has 2 aliphatic heterocycles. The Kier molecular flexibility index (Phi) is 9.56. The summed E-state index contributed by atoms with van der Waals surface area (Å²) in [6, 6.07) is 10.9. The first-order valence-electron chi connectivity index (χ1n) is 19.5. The third-order valence-electron chi connectivity index (χ3n) is 12.9. The van der Waals surface area contributed by atoms with Crippen molar-refractivity contribution in [2.45, 2.75) is 178 Å². The summed E-state index contributed by atoms with van der Waals surface area (Å²) < 4.78 is 0. The number of hydrogen-bond donors (Lipinski definition) is 0. The Bertz CT molecular complexity index is 1190. The van der Waals surface area contributed by atoms with E-state index in [4.69, 9.17) is 0 Å². The maximum Gasteiger partial charge on any atom is 0.0910 e. The van der Waals surface area contributed by atoms with Crippen LogP contribution in [0.25, 0.3) is 0 Å². The van der Waals surface area contributed by atoms with Crippen LogP contribution in [-0.2, 0) is 13.1 Å². The number of fused-ring (bicyclic) bond motifs is 6. The molecule has 4 fully saturated rings. The van der Waals surface area contributed by atoms with Gasteiger partial charge < -0.3 is 9.80 Å². The van der Waals surface area contributed by atoms with Crippen LogP contribution in [0.15, 0.2) is 24.3 Å². The van der Waals surface area contributed by atoms with Crippen LogP contribution in [0.4, 0.5) is 11.4 Å². The molecular formula is C41H60N2P2. The second-order valence-electron chi connectivity index (χ2n) is 16.1. The minimum Gasteiger partial charge on any atom is -0.349 e. The summed E-state index contributed by atoms with van der Waals surface area (Å²) in [6.07, 6.45) is 29.7. The van der Waals surface area contributed by atoms with Gasteiger partial charge in [-0.1, -0.05) is 92.9 Å². The number of nitrogens with zero attached hydrogens (tertiary/aromatic N) is 2. The summed E-state index contributed by atoms with van der Waals surface area (Å²) in [6.45, 7) is 8.21. The standard InChI is InChI=1S/C41H60N2P2/c1-30-23-38(44(34-15-7-3-8-16-34)35-17-9-4-10-18-35)25-32-27-43-29-42(40(30)32)28-33-26-39(24-31(2)41(33)43)45(36-19-11-5-12-20-36)37-21-13-6-14-22-37/h23-26,34-37H,3-22,27-29H2,1-2H3. The van der Waals surface area contributed by atoms with Crippen molar-refractivity contribution in [2.75, 3.05) is 16.5 Å². The van der Waals surface area contributed by atoms with Gasteiger partial charge in [0.05, 0.1) is 6.67 Å². The molecule has 0 radical (unpaired) electrons. The first-order valence-corrected chi connectivity index (χ1v) is 22.4. The number of rotatable bonds is 6. The highest BCUT2D eigenvalue weighted by atomic mass is 31.1. The molecule has 0 N–H and O–H groups in total. The number of benzene rings is 2. The van der Waals surface area contributed by atoms with Crippen LogP contribution in [0.5, 0.6) is 0 Å². The first kappa shape index (κ1) is 31.2. The second kappa shape index (κ2) is 13.8. The van der Waals surface area contributed by atoms with Crippen LogP contribution in [0.2, 0.25) is 0 Å². The van der Waals surface area contributed by atoms with E-state index in [2.05, 4.69) is 47.9 Å². The fraction of sp³-hybridized carbons (Fsp3) is 0.707. The summed E-state index contributed by atoms with van der Waals surface area (Å²) >= 11 is 0. The van der Waals surface area contributed by atoms with Crippen molar-refractivity contribution >= 4 is 37.8 Å². The quantitative estimate of drug-likeness (QED) is 0.289. The molecule has 0 unspecified atom stereocenters. The van der Waals surface area contributed by atoms with E-state index >= 15 is 0 Å². The first-order chi connectivity index (χ1) is 22.1. The zero-order valence-corrected chi connectivity index (χ0v) is 30.5. The van der Waals surface area contributed by atoms with E-state index in [9.17, 15) is 0 Å². The molecule has 0 spiro atoms. The molecule has 6 aliphatic rings. The van der Waals surface area contributed by atoms with Gasteiger partial charge in [0.2, 0.25) is 0 Å². The summed E-state index contributed by atoms with van der Waals surface area (Å²) in [4.78, 5) is 5.55. The predicted molar refractivity (Wildman–Crippen MR) is 200 cm³/mol. The van der Waals surface area contributed by atoms with Gasteiger partial charge in [-0.05, 0) is 145 Å². The van der Waals surface area contributed by atoms with Crippen LogP contribution in [0.1, 0.15) is 151 Å². The smallest absolute Gasteiger partial charge is 0.0910 e. The van der Waals surface area contributed by atoms with E-state index in [-0.39, 0.29) is 15.8 Å². The van der Waals surface area contributed by atoms with Crippen molar-refractivity contribution in [1.29, 1.82) is 0 Å². The van der Waals surface area contributed by atoms with Gasteiger partial charge in [0.15, 0.2) is 0 Å². The molecule has 0 atom stereocenters. The van der Waals surface area contributed by atoms with Crippen molar-refractivity contribution in [1.82, 2.24) is 0 Å². The zero-order valence-electron chi connectivity index (χ0n) is 28.7. The van der Waals surface area contributed by atoms with Gasteiger partial charge in [-0.25, -0.2) is 0 Å². The van der Waals surface area contributed by atoms with E-state index in [1.807, 2.05) is 0 Å². The van der Waals surface area contributed by atoms with Crippen LogP contribution in [0.3, 0.4) is 0 Å². The van der Waals surface area contributed by atoms with Crippen molar-refractivity contribution < 1.29 is 0 Å². The summed E-state index contributed by atoms with van der Waals surface area (Å²) in [5.74, 6) is 0. The Balaban J connectivity index is 1.12. The monoisotopic (exact) mass is 642 g/mol. The van der Waals surface area contributed by atoms with Gasteiger partial charge >= 0.3 is 0 Å². The number of aryl methyl sites for hydroxylation is 2. The molecular weight excluding hydrogens is 582 g/mol. The van der Waals surface area contributed by atoms with E-state index in [1.54, 1.807) is 44.2 Å². The summed E-state index contributed by atoms with van der Waals surface area (Å²) in [5, 5.41) is 3.56. The molecule has 0 amide bonds. The zero-order chi connectivity index (χ0) is 30.3. The highest BCUT2D eigenvalue weighted by molar-refractivity contribution is 7.67. The molecule has 0 aromatic heterocycles. The molecule has 2 bridgehead atoms. The fourth-order valence-electron chi connectivity index (χ4n) is 11.0. The summed E-state index contributed by atoms with van der Waals surface area (Å²) in [7, 11) is -0.114. The van der Waals surface area contributed by atoms with E-state index in [0.29, 0.717) is 0 Å². The molecule has 4 aliphatic carbocycles. The lowest BCUT2D eigenvalue weighted by atomic mass is 9.97. The predicted octanol–water partition coefficient (Wildman–Crippen LogP) is 11.1. The van der Waals surface area contributed by atoms with Gasteiger partial charge in [0.1, 0.15) is 0 Å². The molecule has 2 nitrogen and oxygen atoms in total. The topological polar surface area (TPSA) is 6.48 Å². The minimum absolute atomic E-state index is 0.0570. The minimum atomic E-state index is -0.0570. The lowest BCUT2D eigenvalue weighted by Gasteiger charge is -2.47. The second-order valence-corrected chi connectivity index (χ2v) is 21.6. The maximum atomic E-state index is 2.77. The fourth-order valence-corrected chi connectivity index (χ4v) is 18.9. The molecule has 4 saturated carbocycles. The molecule has 0 saturated heterocycles. The lowest BCUT2D eigenvalue weighted by Crippen LogP contribution is -2.47.